The fraction of sp³-hybridized carbons (Fsp3) is 0.333. The van der Waals surface area contributed by atoms with Gasteiger partial charge in [0, 0.05) is 45.6 Å². The summed E-state index contributed by atoms with van der Waals surface area (Å²) in [6.07, 6.45) is 1.40. The summed E-state index contributed by atoms with van der Waals surface area (Å²) < 4.78 is 5.63. The standard InChI is InChI=1S/C30H32N4O3/c35-28-30(26-9-5-2-6-10-26,20-23-7-3-1-4-8-23)31-29(36)34(28)22-33-16-14-32(15-17-33)21-24-11-12-27-25(19-24)13-18-37-27/h1-12,19H,13-18,20-22H2,(H,31,36)/t30-/m1/s1. The Morgan fingerprint density at radius 1 is 0.811 bits per heavy atom. The van der Waals surface area contributed by atoms with E-state index in [1.807, 2.05) is 60.7 Å². The molecule has 0 bridgehead atoms. The van der Waals surface area contributed by atoms with Gasteiger partial charge in [0.05, 0.1) is 13.3 Å². The molecule has 190 valence electrons. The van der Waals surface area contributed by atoms with Crippen molar-refractivity contribution in [3.05, 3.63) is 101 Å². The number of imide groups is 1. The number of carbonyl (C=O) groups excluding carboxylic acids is 2. The van der Waals surface area contributed by atoms with Crippen molar-refractivity contribution in [2.24, 2.45) is 0 Å². The average Bonchev–Trinajstić information content (AvgIpc) is 3.49. The Hall–Kier alpha value is -3.68. The molecule has 0 spiro atoms. The number of hydrogen-bond acceptors (Lipinski definition) is 5. The summed E-state index contributed by atoms with van der Waals surface area (Å²) in [7, 11) is 0. The van der Waals surface area contributed by atoms with Gasteiger partial charge in [-0.1, -0.05) is 72.8 Å². The summed E-state index contributed by atoms with van der Waals surface area (Å²) in [5.74, 6) is 0.830. The van der Waals surface area contributed by atoms with Gasteiger partial charge in [0.15, 0.2) is 5.54 Å². The van der Waals surface area contributed by atoms with Gasteiger partial charge in [-0.05, 0) is 28.3 Å². The molecule has 1 atom stereocenters. The van der Waals surface area contributed by atoms with E-state index in [0.717, 1.165) is 62.6 Å². The molecule has 0 unspecified atom stereocenters. The number of ether oxygens (including phenoxy) is 1. The lowest BCUT2D eigenvalue weighted by Crippen LogP contribution is -2.51. The molecule has 3 aromatic carbocycles. The number of piperazine rings is 1. The third kappa shape index (κ3) is 4.72. The van der Waals surface area contributed by atoms with Crippen molar-refractivity contribution in [1.82, 2.24) is 20.0 Å². The van der Waals surface area contributed by atoms with E-state index in [1.54, 1.807) is 0 Å². The van der Waals surface area contributed by atoms with E-state index in [9.17, 15) is 9.59 Å². The molecular weight excluding hydrogens is 464 g/mol. The maximum atomic E-state index is 13.9. The molecule has 0 saturated carbocycles. The van der Waals surface area contributed by atoms with Crippen LogP contribution in [0.25, 0.3) is 0 Å². The van der Waals surface area contributed by atoms with E-state index in [1.165, 1.54) is 16.0 Å². The number of fused-ring (bicyclic) bond motifs is 1. The average molecular weight is 497 g/mol. The molecule has 0 aliphatic carbocycles. The minimum absolute atomic E-state index is 0.185. The number of nitrogens with zero attached hydrogens (tertiary/aromatic N) is 3. The van der Waals surface area contributed by atoms with Crippen molar-refractivity contribution >= 4 is 11.9 Å². The highest BCUT2D eigenvalue weighted by molar-refractivity contribution is 6.07. The Bertz CT molecular complexity index is 1270. The second kappa shape index (κ2) is 10.00. The Labute approximate surface area is 217 Å². The van der Waals surface area contributed by atoms with Gasteiger partial charge >= 0.3 is 6.03 Å². The molecule has 7 heteroatoms. The van der Waals surface area contributed by atoms with E-state index < -0.39 is 5.54 Å². The van der Waals surface area contributed by atoms with E-state index in [0.29, 0.717) is 13.1 Å². The minimum atomic E-state index is -1.10. The molecule has 3 aliphatic rings. The number of hydrogen-bond donors (Lipinski definition) is 1. The van der Waals surface area contributed by atoms with Gasteiger partial charge in [-0.2, -0.15) is 0 Å². The first-order chi connectivity index (χ1) is 18.1. The summed E-state index contributed by atoms with van der Waals surface area (Å²) in [4.78, 5) is 33.1. The second-order valence-corrected chi connectivity index (χ2v) is 10.2. The molecular formula is C30H32N4O3. The topological polar surface area (TPSA) is 65.1 Å². The lowest BCUT2D eigenvalue weighted by Gasteiger charge is -2.36. The van der Waals surface area contributed by atoms with Crippen LogP contribution in [0.5, 0.6) is 5.75 Å². The van der Waals surface area contributed by atoms with Crippen LogP contribution in [-0.2, 0) is 29.7 Å². The molecule has 3 amide bonds. The largest absolute Gasteiger partial charge is 0.493 e. The molecule has 3 heterocycles. The number of urea groups is 1. The van der Waals surface area contributed by atoms with Crippen LogP contribution in [0.2, 0.25) is 0 Å². The van der Waals surface area contributed by atoms with Crippen LogP contribution >= 0.6 is 0 Å². The summed E-state index contributed by atoms with van der Waals surface area (Å²) in [5.41, 5.74) is 3.32. The predicted molar refractivity (Wildman–Crippen MR) is 141 cm³/mol. The molecule has 3 aliphatic heterocycles. The van der Waals surface area contributed by atoms with Gasteiger partial charge in [0.25, 0.3) is 5.91 Å². The fourth-order valence-corrected chi connectivity index (χ4v) is 5.68. The molecule has 2 fully saturated rings. The quantitative estimate of drug-likeness (QED) is 0.508. The van der Waals surface area contributed by atoms with Gasteiger partial charge in [0.2, 0.25) is 0 Å². The Balaban J connectivity index is 1.12. The Morgan fingerprint density at radius 2 is 1.51 bits per heavy atom. The summed E-state index contributed by atoms with van der Waals surface area (Å²) in [6.45, 7) is 5.38. The first kappa shape index (κ1) is 23.7. The molecule has 37 heavy (non-hydrogen) atoms. The van der Waals surface area contributed by atoms with Crippen molar-refractivity contribution in [1.29, 1.82) is 0 Å². The lowest BCUT2D eigenvalue weighted by molar-refractivity contribution is -0.133. The molecule has 0 aromatic heterocycles. The zero-order valence-electron chi connectivity index (χ0n) is 20.9. The van der Waals surface area contributed by atoms with Crippen molar-refractivity contribution in [3.63, 3.8) is 0 Å². The molecule has 0 radical (unpaired) electrons. The van der Waals surface area contributed by atoms with Crippen LogP contribution in [0.15, 0.2) is 78.9 Å². The number of benzene rings is 3. The van der Waals surface area contributed by atoms with Crippen LogP contribution in [0, 0.1) is 0 Å². The second-order valence-electron chi connectivity index (χ2n) is 10.2. The van der Waals surface area contributed by atoms with E-state index in [4.69, 9.17) is 4.74 Å². The van der Waals surface area contributed by atoms with Gasteiger partial charge in [-0.25, -0.2) is 9.69 Å². The molecule has 2 saturated heterocycles. The summed E-state index contributed by atoms with van der Waals surface area (Å²) >= 11 is 0. The zero-order valence-corrected chi connectivity index (χ0v) is 20.9. The lowest BCUT2D eigenvalue weighted by atomic mass is 9.83. The Morgan fingerprint density at radius 3 is 2.27 bits per heavy atom. The maximum Gasteiger partial charge on any atom is 0.326 e. The smallest absolute Gasteiger partial charge is 0.326 e. The highest BCUT2D eigenvalue weighted by atomic mass is 16.5. The van der Waals surface area contributed by atoms with Crippen molar-refractivity contribution in [2.45, 2.75) is 24.9 Å². The number of amides is 3. The van der Waals surface area contributed by atoms with Crippen LogP contribution in [0.1, 0.15) is 22.3 Å². The van der Waals surface area contributed by atoms with Gasteiger partial charge < -0.3 is 10.1 Å². The first-order valence-electron chi connectivity index (χ1n) is 13.0. The highest BCUT2D eigenvalue weighted by Crippen LogP contribution is 2.33. The van der Waals surface area contributed by atoms with Crippen LogP contribution < -0.4 is 10.1 Å². The van der Waals surface area contributed by atoms with Crippen molar-refractivity contribution < 1.29 is 14.3 Å². The van der Waals surface area contributed by atoms with E-state index in [2.05, 4.69) is 33.3 Å². The Kier molecular flexibility index (Phi) is 6.40. The van der Waals surface area contributed by atoms with Crippen molar-refractivity contribution in [3.8, 4) is 5.75 Å². The third-order valence-electron chi connectivity index (χ3n) is 7.72. The molecule has 7 nitrogen and oxygen atoms in total. The molecule has 3 aromatic rings. The highest BCUT2D eigenvalue weighted by Gasteiger charge is 2.52. The predicted octanol–water partition coefficient (Wildman–Crippen LogP) is 3.39. The normalized spacial score (nSPS) is 22.1. The summed E-state index contributed by atoms with van der Waals surface area (Å²) in [6, 6.07) is 25.7. The number of rotatable bonds is 7. The van der Waals surface area contributed by atoms with Gasteiger partial charge in [-0.3, -0.25) is 14.6 Å². The SMILES string of the molecule is O=C1N[C@](Cc2ccccc2)(c2ccccc2)C(=O)N1CN1CCN(Cc2ccc3c(c2)CCO3)CC1. The van der Waals surface area contributed by atoms with Crippen LogP contribution in [0.3, 0.4) is 0 Å². The maximum absolute atomic E-state index is 13.9. The van der Waals surface area contributed by atoms with E-state index in [-0.39, 0.29) is 11.9 Å². The van der Waals surface area contributed by atoms with Gasteiger partial charge in [-0.15, -0.1) is 0 Å². The fourth-order valence-electron chi connectivity index (χ4n) is 5.68. The van der Waals surface area contributed by atoms with Gasteiger partial charge in [0.1, 0.15) is 5.75 Å². The zero-order chi connectivity index (χ0) is 25.2. The minimum Gasteiger partial charge on any atom is -0.493 e. The van der Waals surface area contributed by atoms with Crippen molar-refractivity contribution in [2.75, 3.05) is 39.5 Å². The monoisotopic (exact) mass is 496 g/mol. The van der Waals surface area contributed by atoms with E-state index >= 15 is 0 Å². The number of carbonyl (C=O) groups is 2. The van der Waals surface area contributed by atoms with Crippen LogP contribution in [-0.4, -0.2) is 66.1 Å². The first-order valence-corrected chi connectivity index (χ1v) is 13.0. The third-order valence-corrected chi connectivity index (χ3v) is 7.72. The number of nitrogens with one attached hydrogen (secondary N) is 1. The van der Waals surface area contributed by atoms with Crippen LogP contribution in [0.4, 0.5) is 4.79 Å². The summed E-state index contributed by atoms with van der Waals surface area (Å²) in [5, 5.41) is 3.07. The molecule has 1 N–H and O–H groups in total. The molecule has 6 rings (SSSR count).